The van der Waals surface area contributed by atoms with Crippen molar-refractivity contribution in [1.29, 1.82) is 0 Å². The number of rotatable bonds is 10. The molecule has 0 radical (unpaired) electrons. The number of para-hydroxylation sites is 1. The van der Waals surface area contributed by atoms with E-state index in [0.717, 1.165) is 22.4 Å². The quantitative estimate of drug-likeness (QED) is 0.314. The lowest BCUT2D eigenvalue weighted by Crippen LogP contribution is -2.28. The molecular weight excluding hydrogens is 496 g/mol. The predicted molar refractivity (Wildman–Crippen MR) is 150 cm³/mol. The van der Waals surface area contributed by atoms with Gasteiger partial charge in [-0.15, -0.1) is 0 Å². The number of nitrogens with one attached hydrogen (secondary N) is 3. The maximum Gasteiger partial charge on any atom is 0.303 e. The second-order valence-corrected chi connectivity index (χ2v) is 9.61. The van der Waals surface area contributed by atoms with Crippen LogP contribution in [0.4, 0.5) is 17.1 Å². The zero-order valence-electron chi connectivity index (χ0n) is 21.9. The van der Waals surface area contributed by atoms with Gasteiger partial charge >= 0.3 is 5.97 Å². The Morgan fingerprint density at radius 3 is 2.36 bits per heavy atom. The largest absolute Gasteiger partial charge is 0.481 e. The summed E-state index contributed by atoms with van der Waals surface area (Å²) >= 11 is 0. The topological polar surface area (TPSA) is 128 Å². The molecule has 3 amide bonds. The van der Waals surface area contributed by atoms with Crippen molar-refractivity contribution in [2.75, 3.05) is 29.1 Å². The molecule has 3 aromatic rings. The first kappa shape index (κ1) is 27.4. The second kappa shape index (κ2) is 12.3. The van der Waals surface area contributed by atoms with Crippen molar-refractivity contribution in [2.45, 2.75) is 38.1 Å². The third-order valence-electron chi connectivity index (χ3n) is 6.81. The van der Waals surface area contributed by atoms with Crippen LogP contribution in [0.1, 0.15) is 48.4 Å². The van der Waals surface area contributed by atoms with Crippen molar-refractivity contribution < 1.29 is 24.3 Å². The Morgan fingerprint density at radius 2 is 1.69 bits per heavy atom. The molecule has 202 valence electrons. The molecule has 0 fully saturated rings. The van der Waals surface area contributed by atoms with E-state index in [-0.39, 0.29) is 42.9 Å². The highest BCUT2D eigenvalue weighted by molar-refractivity contribution is 5.98. The average molecular weight is 529 g/mol. The van der Waals surface area contributed by atoms with Crippen molar-refractivity contribution in [3.8, 4) is 0 Å². The number of carboxylic acids is 1. The van der Waals surface area contributed by atoms with E-state index in [1.54, 1.807) is 48.3 Å². The number of anilines is 3. The fourth-order valence-electron chi connectivity index (χ4n) is 4.66. The van der Waals surface area contributed by atoms with E-state index in [2.05, 4.69) is 16.0 Å². The van der Waals surface area contributed by atoms with E-state index in [1.165, 1.54) is 6.92 Å². The van der Waals surface area contributed by atoms with Gasteiger partial charge in [-0.1, -0.05) is 42.5 Å². The van der Waals surface area contributed by atoms with E-state index >= 15 is 0 Å². The minimum atomic E-state index is -0.931. The molecule has 39 heavy (non-hydrogen) atoms. The maximum atomic E-state index is 12.9. The van der Waals surface area contributed by atoms with Crippen molar-refractivity contribution in [1.82, 2.24) is 5.32 Å². The molecule has 0 aliphatic carbocycles. The van der Waals surface area contributed by atoms with E-state index in [9.17, 15) is 19.2 Å². The summed E-state index contributed by atoms with van der Waals surface area (Å²) in [5.74, 6) is -1.62. The lowest BCUT2D eigenvalue weighted by atomic mass is 10.0. The number of carbonyl (C=O) groups excluding carboxylic acids is 3. The number of likely N-dealkylation sites (N-methyl/N-ethyl adjacent to an activating group) is 1. The number of fused-ring (bicyclic) bond motifs is 1. The number of aliphatic carboxylic acids is 1. The van der Waals surface area contributed by atoms with Crippen LogP contribution in [0.15, 0.2) is 72.8 Å². The molecule has 3 aromatic carbocycles. The van der Waals surface area contributed by atoms with E-state index in [1.807, 2.05) is 36.4 Å². The molecule has 9 nitrogen and oxygen atoms in total. The van der Waals surface area contributed by atoms with Crippen LogP contribution in [0.25, 0.3) is 0 Å². The first-order valence-corrected chi connectivity index (χ1v) is 12.8. The monoisotopic (exact) mass is 528 g/mol. The third kappa shape index (κ3) is 7.01. The summed E-state index contributed by atoms with van der Waals surface area (Å²) in [5.41, 5.74) is 4.90. The molecule has 2 atom stereocenters. The number of carboxylic acid groups (broad SMARTS) is 1. The fraction of sp³-hybridized carbons (Fsp3) is 0.267. The molecule has 1 aliphatic rings. The molecule has 4 rings (SSSR count). The summed E-state index contributed by atoms with van der Waals surface area (Å²) in [6.07, 6.45) is 0.378. The van der Waals surface area contributed by atoms with Gasteiger partial charge in [0.15, 0.2) is 0 Å². The number of nitrogens with zero attached hydrogens (tertiary/aromatic N) is 1. The molecule has 0 saturated carbocycles. The Labute approximate surface area is 227 Å². The summed E-state index contributed by atoms with van der Waals surface area (Å²) < 4.78 is 0. The second-order valence-electron chi connectivity index (χ2n) is 9.61. The number of hydrogen-bond acceptors (Lipinski definition) is 5. The van der Waals surface area contributed by atoms with Crippen LogP contribution in [0.5, 0.6) is 0 Å². The van der Waals surface area contributed by atoms with Crippen LogP contribution in [-0.4, -0.2) is 42.4 Å². The Kier molecular flexibility index (Phi) is 8.60. The molecule has 1 aliphatic heterocycles. The number of amides is 3. The van der Waals surface area contributed by atoms with E-state index in [0.29, 0.717) is 17.9 Å². The van der Waals surface area contributed by atoms with Crippen LogP contribution in [0.3, 0.4) is 0 Å². The average Bonchev–Trinajstić information content (AvgIpc) is 3.36. The summed E-state index contributed by atoms with van der Waals surface area (Å²) in [6.45, 7) is 1.95. The Balaban J connectivity index is 1.34. The van der Waals surface area contributed by atoms with Crippen molar-refractivity contribution in [3.63, 3.8) is 0 Å². The van der Waals surface area contributed by atoms with Crippen molar-refractivity contribution in [3.05, 3.63) is 89.5 Å². The number of carbonyl (C=O) groups is 4. The molecule has 0 saturated heterocycles. The Morgan fingerprint density at radius 1 is 1.00 bits per heavy atom. The molecular formula is C30H32N4O5. The number of hydrogen-bond donors (Lipinski definition) is 4. The third-order valence-corrected chi connectivity index (χ3v) is 6.81. The summed E-state index contributed by atoms with van der Waals surface area (Å²) in [7, 11) is 1.69. The van der Waals surface area contributed by atoms with Crippen molar-refractivity contribution >= 4 is 40.8 Å². The van der Waals surface area contributed by atoms with Gasteiger partial charge in [-0.25, -0.2) is 0 Å². The molecule has 0 spiro atoms. The van der Waals surface area contributed by atoms with Gasteiger partial charge in [0, 0.05) is 44.0 Å². The Hall–Kier alpha value is -4.66. The van der Waals surface area contributed by atoms with Crippen LogP contribution >= 0.6 is 0 Å². The van der Waals surface area contributed by atoms with Gasteiger partial charge < -0.3 is 26.0 Å². The zero-order valence-corrected chi connectivity index (χ0v) is 21.9. The zero-order chi connectivity index (χ0) is 27.9. The smallest absolute Gasteiger partial charge is 0.303 e. The van der Waals surface area contributed by atoms with Crippen molar-refractivity contribution in [2.24, 2.45) is 0 Å². The van der Waals surface area contributed by atoms with E-state index < -0.39 is 12.0 Å². The highest BCUT2D eigenvalue weighted by Gasteiger charge is 2.28. The predicted octanol–water partition coefficient (Wildman–Crippen LogP) is 4.08. The molecule has 4 N–H and O–H groups in total. The normalized spacial score (nSPS) is 14.5. The molecule has 1 heterocycles. The molecule has 2 unspecified atom stereocenters. The lowest BCUT2D eigenvalue weighted by molar-refractivity contribution is -0.137. The SMILES string of the molecule is CC(=O)NC(CCC(=O)O)c1ccc(N(C)C(=O)Cc2ccc(NC(=O)C3CNc4ccccc43)cc2)cc1. The minimum Gasteiger partial charge on any atom is -0.481 e. The van der Waals surface area contributed by atoms with Gasteiger partial charge in [0.25, 0.3) is 0 Å². The first-order chi connectivity index (χ1) is 18.7. The highest BCUT2D eigenvalue weighted by atomic mass is 16.4. The first-order valence-electron chi connectivity index (χ1n) is 12.8. The molecule has 9 heteroatoms. The number of benzene rings is 3. The van der Waals surface area contributed by atoms with Gasteiger partial charge in [0.05, 0.1) is 18.4 Å². The minimum absolute atomic E-state index is 0.0701. The van der Waals surface area contributed by atoms with Gasteiger partial charge in [0.2, 0.25) is 17.7 Å². The maximum absolute atomic E-state index is 12.9. The van der Waals surface area contributed by atoms with E-state index in [4.69, 9.17) is 5.11 Å². The Bertz CT molecular complexity index is 1350. The van der Waals surface area contributed by atoms with Crippen LogP contribution in [0.2, 0.25) is 0 Å². The highest BCUT2D eigenvalue weighted by Crippen LogP contribution is 2.32. The summed E-state index contributed by atoms with van der Waals surface area (Å²) in [5, 5.41) is 18.0. The summed E-state index contributed by atoms with van der Waals surface area (Å²) in [6, 6.07) is 21.7. The van der Waals surface area contributed by atoms with Crippen LogP contribution in [0, 0.1) is 0 Å². The van der Waals surface area contributed by atoms with Crippen LogP contribution < -0.4 is 20.9 Å². The molecule has 0 aromatic heterocycles. The fourth-order valence-corrected chi connectivity index (χ4v) is 4.66. The van der Waals surface area contributed by atoms with Gasteiger partial charge in [-0.3, -0.25) is 19.2 Å². The van der Waals surface area contributed by atoms with Crippen LogP contribution in [-0.2, 0) is 25.6 Å². The lowest BCUT2D eigenvalue weighted by Gasteiger charge is -2.21. The summed E-state index contributed by atoms with van der Waals surface area (Å²) in [4.78, 5) is 49.8. The van der Waals surface area contributed by atoms with Gasteiger partial charge in [-0.2, -0.15) is 0 Å². The standard InChI is InChI=1S/C30H32N4O5/c1-19(35)32-26(15-16-29(37)38)21-9-13-23(14-10-21)34(2)28(36)17-20-7-11-22(12-8-20)33-30(39)25-18-31-27-6-4-3-5-24(25)27/h3-14,25-26,31H,15-18H2,1-2H3,(H,32,35)(H,33,39)(H,37,38). The van der Waals surface area contributed by atoms with Gasteiger partial charge in [0.1, 0.15) is 0 Å². The van der Waals surface area contributed by atoms with Gasteiger partial charge in [-0.05, 0) is 53.4 Å². The molecule has 0 bridgehead atoms.